The minimum atomic E-state index is 0.683. The highest BCUT2D eigenvalue weighted by atomic mass is 32.1. The van der Waals surface area contributed by atoms with E-state index >= 15 is 0 Å². The molecule has 0 aliphatic carbocycles. The van der Waals surface area contributed by atoms with Crippen molar-refractivity contribution < 1.29 is 0 Å². The number of hydrogen-bond donors (Lipinski definition) is 2. The lowest BCUT2D eigenvalue weighted by Gasteiger charge is -2.10. The van der Waals surface area contributed by atoms with Crippen molar-refractivity contribution in [3.8, 4) is 33.2 Å². The summed E-state index contributed by atoms with van der Waals surface area (Å²) >= 11 is 1.71. The van der Waals surface area contributed by atoms with E-state index in [1.54, 1.807) is 11.3 Å². The van der Waals surface area contributed by atoms with Gasteiger partial charge in [0.15, 0.2) is 11.5 Å². The molecule has 0 saturated heterocycles. The number of thiophene rings is 1. The van der Waals surface area contributed by atoms with Crippen molar-refractivity contribution in [3.63, 3.8) is 0 Å². The van der Waals surface area contributed by atoms with Crippen LogP contribution in [0.15, 0.2) is 55.1 Å². The second kappa shape index (κ2) is 8.12. The number of fused-ring (bicyclic) bond motifs is 2. The van der Waals surface area contributed by atoms with Crippen molar-refractivity contribution in [2.45, 2.75) is 13.5 Å². The Morgan fingerprint density at radius 1 is 0.971 bits per heavy atom. The number of nitrogens with zero attached hydrogens (tertiary/aromatic N) is 6. The molecule has 0 saturated carbocycles. The third-order valence-electron chi connectivity index (χ3n) is 5.64. The number of imidazole rings is 1. The van der Waals surface area contributed by atoms with Gasteiger partial charge in [0.25, 0.3) is 0 Å². The summed E-state index contributed by atoms with van der Waals surface area (Å²) in [5, 5.41) is 8.48. The molecule has 6 aromatic heterocycles. The van der Waals surface area contributed by atoms with Crippen LogP contribution in [0.2, 0.25) is 0 Å². The minimum absolute atomic E-state index is 0.683. The zero-order valence-electron chi connectivity index (χ0n) is 19.0. The van der Waals surface area contributed by atoms with E-state index in [1.165, 1.54) is 4.88 Å². The molecule has 0 aliphatic rings. The topological polar surface area (TPSA) is 99.3 Å². The van der Waals surface area contributed by atoms with E-state index in [-0.39, 0.29) is 0 Å². The molecule has 0 atom stereocenters. The molecule has 0 bridgehead atoms. The normalized spacial score (nSPS) is 11.8. The van der Waals surface area contributed by atoms with Crippen molar-refractivity contribution in [1.29, 1.82) is 0 Å². The molecule has 0 aliphatic heterocycles. The molecule has 6 heterocycles. The molecule has 0 aromatic carbocycles. The van der Waals surface area contributed by atoms with Gasteiger partial charge in [0.1, 0.15) is 16.9 Å². The molecule has 8 nitrogen and oxygen atoms in total. The first-order valence-electron chi connectivity index (χ1n) is 10.9. The van der Waals surface area contributed by atoms with Crippen LogP contribution in [0, 0.1) is 6.92 Å². The van der Waals surface area contributed by atoms with Gasteiger partial charge in [0.05, 0.1) is 15.8 Å². The van der Waals surface area contributed by atoms with Crippen LogP contribution in [0.25, 0.3) is 55.3 Å². The number of hydrogen-bond acceptors (Lipinski definition) is 7. The van der Waals surface area contributed by atoms with Crippen molar-refractivity contribution in [2.24, 2.45) is 0 Å². The van der Waals surface area contributed by atoms with Crippen molar-refractivity contribution in [1.82, 2.24) is 40.0 Å². The maximum atomic E-state index is 4.90. The molecule has 6 aromatic rings. The number of pyridine rings is 3. The summed E-state index contributed by atoms with van der Waals surface area (Å²) in [5.74, 6) is 0.683. The first-order valence-corrected chi connectivity index (χ1v) is 11.7. The standard InChI is InChI=1S/C25H22N8S/c1-14-4-5-20(34-14)23-22-19(6-7-27-23)29-25(30-22)21-18-9-17(12-28-24(18)32-31-21)16-8-15(10-26-11-16)13-33(2)3/h4-12H,13H2,1-3H3,(H,29,30)(H,28,31,32). The molecule has 0 radical (unpaired) electrons. The fourth-order valence-corrected chi connectivity index (χ4v) is 4.99. The lowest BCUT2D eigenvalue weighted by atomic mass is 10.1. The summed E-state index contributed by atoms with van der Waals surface area (Å²) in [5.41, 5.74) is 7.22. The molecule has 2 N–H and O–H groups in total. The molecule has 0 spiro atoms. The molecular formula is C25H22N8S. The Morgan fingerprint density at radius 2 is 1.85 bits per heavy atom. The predicted molar refractivity (Wildman–Crippen MR) is 135 cm³/mol. The predicted octanol–water partition coefficient (Wildman–Crippen LogP) is 5.06. The summed E-state index contributed by atoms with van der Waals surface area (Å²) in [6.07, 6.45) is 7.42. The largest absolute Gasteiger partial charge is 0.336 e. The number of aryl methyl sites for hydroxylation is 1. The molecule has 0 amide bonds. The van der Waals surface area contributed by atoms with Gasteiger partial charge in [0, 0.05) is 47.3 Å². The van der Waals surface area contributed by atoms with E-state index in [0.29, 0.717) is 11.5 Å². The number of H-pyrrole nitrogens is 2. The first kappa shape index (κ1) is 20.6. The van der Waals surface area contributed by atoms with Crippen LogP contribution in [-0.2, 0) is 6.54 Å². The zero-order valence-corrected chi connectivity index (χ0v) is 19.8. The van der Waals surface area contributed by atoms with Crippen LogP contribution >= 0.6 is 11.3 Å². The SMILES string of the molecule is Cc1ccc(-c2nccc3[nH]c(-c4n[nH]c5ncc(-c6cncc(CN(C)C)c6)cc45)nc23)s1. The van der Waals surface area contributed by atoms with Gasteiger partial charge in [-0.15, -0.1) is 11.3 Å². The average Bonchev–Trinajstić information content (AvgIpc) is 3.55. The van der Waals surface area contributed by atoms with Gasteiger partial charge in [-0.05, 0) is 56.9 Å². The smallest absolute Gasteiger partial charge is 0.159 e. The summed E-state index contributed by atoms with van der Waals surface area (Å²) in [6.45, 7) is 2.92. The molecule has 168 valence electrons. The van der Waals surface area contributed by atoms with Gasteiger partial charge in [-0.3, -0.25) is 15.1 Å². The lowest BCUT2D eigenvalue weighted by molar-refractivity contribution is 0.402. The summed E-state index contributed by atoms with van der Waals surface area (Å²) in [7, 11) is 4.10. The lowest BCUT2D eigenvalue weighted by Crippen LogP contribution is -2.10. The number of nitrogens with one attached hydrogen (secondary N) is 2. The molecular weight excluding hydrogens is 444 g/mol. The third-order valence-corrected chi connectivity index (χ3v) is 6.65. The van der Waals surface area contributed by atoms with Crippen LogP contribution in [0.5, 0.6) is 0 Å². The second-order valence-electron chi connectivity index (χ2n) is 8.56. The Morgan fingerprint density at radius 3 is 2.68 bits per heavy atom. The van der Waals surface area contributed by atoms with E-state index in [2.05, 4.69) is 66.2 Å². The average molecular weight is 467 g/mol. The number of aromatic nitrogens is 7. The van der Waals surface area contributed by atoms with E-state index in [1.807, 2.05) is 44.9 Å². The van der Waals surface area contributed by atoms with E-state index in [9.17, 15) is 0 Å². The van der Waals surface area contributed by atoms with Crippen molar-refractivity contribution in [2.75, 3.05) is 14.1 Å². The van der Waals surface area contributed by atoms with Crippen LogP contribution < -0.4 is 0 Å². The van der Waals surface area contributed by atoms with E-state index in [0.717, 1.165) is 55.9 Å². The molecule has 0 unspecified atom stereocenters. The van der Waals surface area contributed by atoms with Gasteiger partial charge in [-0.1, -0.05) is 0 Å². The second-order valence-corrected chi connectivity index (χ2v) is 9.85. The molecule has 0 fully saturated rings. The van der Waals surface area contributed by atoms with Crippen LogP contribution in [0.3, 0.4) is 0 Å². The Bertz CT molecular complexity index is 1640. The van der Waals surface area contributed by atoms with Gasteiger partial charge < -0.3 is 9.88 Å². The summed E-state index contributed by atoms with van der Waals surface area (Å²) in [4.78, 5) is 26.4. The zero-order chi connectivity index (χ0) is 23.2. The fourth-order valence-electron chi connectivity index (χ4n) is 4.13. The van der Waals surface area contributed by atoms with Gasteiger partial charge >= 0.3 is 0 Å². The van der Waals surface area contributed by atoms with Gasteiger partial charge in [-0.2, -0.15) is 5.10 Å². The van der Waals surface area contributed by atoms with E-state index in [4.69, 9.17) is 4.98 Å². The number of rotatable bonds is 5. The first-order chi connectivity index (χ1) is 16.5. The highest BCUT2D eigenvalue weighted by Crippen LogP contribution is 2.33. The number of aromatic amines is 2. The molecule has 34 heavy (non-hydrogen) atoms. The van der Waals surface area contributed by atoms with Crippen LogP contribution in [0.1, 0.15) is 10.4 Å². The van der Waals surface area contributed by atoms with E-state index < -0.39 is 0 Å². The highest BCUT2D eigenvalue weighted by Gasteiger charge is 2.17. The van der Waals surface area contributed by atoms with Crippen LogP contribution in [0.4, 0.5) is 0 Å². The summed E-state index contributed by atoms with van der Waals surface area (Å²) in [6, 6.07) is 10.4. The van der Waals surface area contributed by atoms with Gasteiger partial charge in [-0.25, -0.2) is 9.97 Å². The Hall–Kier alpha value is -3.95. The Labute approximate surface area is 199 Å². The Kier molecular flexibility index (Phi) is 4.93. The Balaban J connectivity index is 1.45. The quantitative estimate of drug-likeness (QED) is 0.369. The maximum Gasteiger partial charge on any atom is 0.159 e. The van der Waals surface area contributed by atoms with Crippen LogP contribution in [-0.4, -0.2) is 54.1 Å². The fraction of sp³-hybridized carbons (Fsp3) is 0.160. The summed E-state index contributed by atoms with van der Waals surface area (Å²) < 4.78 is 0. The molecule has 9 heteroatoms. The van der Waals surface area contributed by atoms with Crippen molar-refractivity contribution >= 4 is 33.4 Å². The highest BCUT2D eigenvalue weighted by molar-refractivity contribution is 7.15. The monoisotopic (exact) mass is 466 g/mol. The molecule has 6 rings (SSSR count). The van der Waals surface area contributed by atoms with Gasteiger partial charge in [0.2, 0.25) is 0 Å². The van der Waals surface area contributed by atoms with Crippen molar-refractivity contribution in [3.05, 3.63) is 65.6 Å². The minimum Gasteiger partial charge on any atom is -0.336 e. The third kappa shape index (κ3) is 3.64. The maximum absolute atomic E-state index is 4.90.